The van der Waals surface area contributed by atoms with E-state index in [0.29, 0.717) is 13.0 Å². The van der Waals surface area contributed by atoms with Gasteiger partial charge in [-0.2, -0.15) is 0 Å². The Morgan fingerprint density at radius 2 is 2.13 bits per heavy atom. The van der Waals surface area contributed by atoms with Gasteiger partial charge in [0.25, 0.3) is 0 Å². The van der Waals surface area contributed by atoms with Crippen molar-refractivity contribution in [1.82, 2.24) is 5.32 Å². The first-order valence-electron chi connectivity index (χ1n) is 4.85. The normalized spacial score (nSPS) is 12.1. The Labute approximate surface area is 88.8 Å². The van der Waals surface area contributed by atoms with Crippen LogP contribution < -0.4 is 11.1 Å². The zero-order valence-corrected chi connectivity index (χ0v) is 8.86. The third kappa shape index (κ3) is 6.87. The maximum Gasteiger partial charge on any atom is 0.322 e. The van der Waals surface area contributed by atoms with Crippen molar-refractivity contribution in [2.75, 3.05) is 20.2 Å². The van der Waals surface area contributed by atoms with E-state index in [2.05, 4.69) is 10.1 Å². The van der Waals surface area contributed by atoms with Crippen molar-refractivity contribution in [3.63, 3.8) is 0 Å². The molecular weight excluding hydrogens is 200 g/mol. The number of methoxy groups -OCH3 is 1. The van der Waals surface area contributed by atoms with Crippen LogP contribution in [0, 0.1) is 0 Å². The standard InChI is InChI=1S/C9H18N2O4/c1-15-9(14)7(4-2-3-5-10)11-6-8(12)13/h7,11H,2-6,10H2,1H3,(H,12,13)/t7-/m0/s1. The van der Waals surface area contributed by atoms with Crippen LogP contribution in [0.15, 0.2) is 0 Å². The van der Waals surface area contributed by atoms with E-state index < -0.39 is 18.0 Å². The molecular formula is C9H18N2O4. The number of aliphatic carboxylic acids is 1. The van der Waals surface area contributed by atoms with Crippen LogP contribution in [0.25, 0.3) is 0 Å². The fourth-order valence-corrected chi connectivity index (χ4v) is 1.15. The molecule has 0 aliphatic heterocycles. The first kappa shape index (κ1) is 13.9. The molecule has 0 aliphatic carbocycles. The predicted molar refractivity (Wildman–Crippen MR) is 54.3 cm³/mol. The fraction of sp³-hybridized carbons (Fsp3) is 0.778. The average Bonchev–Trinajstić information content (AvgIpc) is 2.21. The molecule has 0 fully saturated rings. The van der Waals surface area contributed by atoms with Crippen LogP contribution in [0.5, 0.6) is 0 Å². The zero-order valence-electron chi connectivity index (χ0n) is 8.86. The molecule has 1 atom stereocenters. The minimum Gasteiger partial charge on any atom is -0.480 e. The zero-order chi connectivity index (χ0) is 11.7. The number of rotatable bonds is 8. The number of carboxylic acid groups (broad SMARTS) is 1. The molecule has 0 radical (unpaired) electrons. The SMILES string of the molecule is COC(=O)[C@H](CCCCN)NCC(=O)O. The lowest BCUT2D eigenvalue weighted by Gasteiger charge is -2.14. The maximum absolute atomic E-state index is 11.2. The quantitative estimate of drug-likeness (QED) is 0.369. The van der Waals surface area contributed by atoms with Gasteiger partial charge in [0, 0.05) is 0 Å². The Balaban J connectivity index is 3.95. The number of carbonyl (C=O) groups is 2. The molecule has 6 heteroatoms. The second kappa shape index (κ2) is 8.19. The second-order valence-corrected chi connectivity index (χ2v) is 3.13. The van der Waals surface area contributed by atoms with Gasteiger partial charge in [0.05, 0.1) is 13.7 Å². The smallest absolute Gasteiger partial charge is 0.322 e. The Kier molecular flexibility index (Phi) is 7.57. The summed E-state index contributed by atoms with van der Waals surface area (Å²) in [6.07, 6.45) is 2.11. The van der Waals surface area contributed by atoms with Crippen LogP contribution >= 0.6 is 0 Å². The number of carboxylic acids is 1. The lowest BCUT2D eigenvalue weighted by molar-refractivity contribution is -0.143. The minimum atomic E-state index is -0.997. The molecule has 0 amide bonds. The van der Waals surface area contributed by atoms with Crippen LogP contribution in [0.1, 0.15) is 19.3 Å². The Morgan fingerprint density at radius 1 is 1.47 bits per heavy atom. The van der Waals surface area contributed by atoms with Gasteiger partial charge in [-0.1, -0.05) is 6.42 Å². The van der Waals surface area contributed by atoms with Gasteiger partial charge in [0.15, 0.2) is 0 Å². The molecule has 88 valence electrons. The van der Waals surface area contributed by atoms with Crippen LogP contribution in [0.3, 0.4) is 0 Å². The molecule has 0 saturated heterocycles. The summed E-state index contributed by atoms with van der Waals surface area (Å²) in [5.41, 5.74) is 5.31. The van der Waals surface area contributed by atoms with Crippen molar-refractivity contribution >= 4 is 11.9 Å². The first-order valence-corrected chi connectivity index (χ1v) is 4.85. The van der Waals surface area contributed by atoms with Crippen LogP contribution in [-0.2, 0) is 14.3 Å². The van der Waals surface area contributed by atoms with Crippen LogP contribution in [-0.4, -0.2) is 43.3 Å². The summed E-state index contributed by atoms with van der Waals surface area (Å²) < 4.78 is 4.55. The molecule has 6 nitrogen and oxygen atoms in total. The molecule has 0 aliphatic rings. The van der Waals surface area contributed by atoms with Gasteiger partial charge in [-0.3, -0.25) is 14.9 Å². The van der Waals surface area contributed by atoms with E-state index in [-0.39, 0.29) is 6.54 Å². The topological polar surface area (TPSA) is 102 Å². The van der Waals surface area contributed by atoms with Crippen molar-refractivity contribution in [3.05, 3.63) is 0 Å². The van der Waals surface area contributed by atoms with Gasteiger partial charge < -0.3 is 15.6 Å². The lowest BCUT2D eigenvalue weighted by atomic mass is 10.1. The molecule has 0 aromatic rings. The number of unbranched alkanes of at least 4 members (excludes halogenated alkanes) is 1. The van der Waals surface area contributed by atoms with E-state index in [9.17, 15) is 9.59 Å². The number of ether oxygens (including phenoxy) is 1. The highest BCUT2D eigenvalue weighted by molar-refractivity contribution is 5.77. The molecule has 0 unspecified atom stereocenters. The largest absolute Gasteiger partial charge is 0.480 e. The molecule has 15 heavy (non-hydrogen) atoms. The van der Waals surface area contributed by atoms with E-state index in [1.165, 1.54) is 7.11 Å². The van der Waals surface area contributed by atoms with Gasteiger partial charge in [0.1, 0.15) is 6.04 Å². The summed E-state index contributed by atoms with van der Waals surface area (Å²) in [7, 11) is 1.28. The van der Waals surface area contributed by atoms with Crippen molar-refractivity contribution in [2.24, 2.45) is 5.73 Å². The Bertz CT molecular complexity index is 208. The molecule has 0 spiro atoms. The van der Waals surface area contributed by atoms with Gasteiger partial charge in [-0.25, -0.2) is 0 Å². The van der Waals surface area contributed by atoms with Crippen molar-refractivity contribution in [3.8, 4) is 0 Å². The fourth-order valence-electron chi connectivity index (χ4n) is 1.15. The number of hydrogen-bond donors (Lipinski definition) is 3. The molecule has 0 bridgehead atoms. The van der Waals surface area contributed by atoms with Crippen LogP contribution in [0.2, 0.25) is 0 Å². The summed E-state index contributed by atoms with van der Waals surface area (Å²) in [5, 5.41) is 11.1. The van der Waals surface area contributed by atoms with E-state index in [4.69, 9.17) is 10.8 Å². The van der Waals surface area contributed by atoms with Gasteiger partial charge >= 0.3 is 11.9 Å². The third-order valence-electron chi connectivity index (χ3n) is 1.93. The summed E-state index contributed by atoms with van der Waals surface area (Å²) >= 11 is 0. The minimum absolute atomic E-state index is 0.248. The first-order chi connectivity index (χ1) is 7.11. The third-order valence-corrected chi connectivity index (χ3v) is 1.93. The number of carbonyl (C=O) groups excluding carboxylic acids is 1. The van der Waals surface area contributed by atoms with E-state index >= 15 is 0 Å². The van der Waals surface area contributed by atoms with Gasteiger partial charge in [-0.05, 0) is 19.4 Å². The highest BCUT2D eigenvalue weighted by Crippen LogP contribution is 2.01. The van der Waals surface area contributed by atoms with E-state index in [0.717, 1.165) is 12.8 Å². The monoisotopic (exact) mass is 218 g/mol. The lowest BCUT2D eigenvalue weighted by Crippen LogP contribution is -2.40. The Hall–Kier alpha value is -1.14. The van der Waals surface area contributed by atoms with Crippen molar-refractivity contribution < 1.29 is 19.4 Å². The molecule has 0 aromatic heterocycles. The molecule has 4 N–H and O–H groups in total. The number of esters is 1. The summed E-state index contributed by atoms with van der Waals surface area (Å²) in [6.45, 7) is 0.315. The highest BCUT2D eigenvalue weighted by Gasteiger charge is 2.18. The molecule has 0 saturated carbocycles. The maximum atomic E-state index is 11.2. The number of hydrogen-bond acceptors (Lipinski definition) is 5. The highest BCUT2D eigenvalue weighted by atomic mass is 16.5. The summed E-state index contributed by atoms with van der Waals surface area (Å²) in [5.74, 6) is -1.43. The molecule has 0 aromatic carbocycles. The summed E-state index contributed by atoms with van der Waals surface area (Å²) in [4.78, 5) is 21.5. The van der Waals surface area contributed by atoms with E-state index in [1.54, 1.807) is 0 Å². The molecule has 0 rings (SSSR count). The van der Waals surface area contributed by atoms with Gasteiger partial charge in [-0.15, -0.1) is 0 Å². The second-order valence-electron chi connectivity index (χ2n) is 3.13. The predicted octanol–water partition coefficient (Wildman–Crippen LogP) is -0.669. The number of nitrogens with two attached hydrogens (primary N) is 1. The molecule has 0 heterocycles. The number of nitrogens with one attached hydrogen (secondary N) is 1. The average molecular weight is 218 g/mol. The van der Waals surface area contributed by atoms with E-state index in [1.807, 2.05) is 0 Å². The Morgan fingerprint density at radius 3 is 2.60 bits per heavy atom. The summed E-state index contributed by atoms with van der Waals surface area (Å²) in [6, 6.07) is -0.558. The van der Waals surface area contributed by atoms with Crippen molar-refractivity contribution in [2.45, 2.75) is 25.3 Å². The van der Waals surface area contributed by atoms with Crippen molar-refractivity contribution in [1.29, 1.82) is 0 Å². The van der Waals surface area contributed by atoms with Crippen LogP contribution in [0.4, 0.5) is 0 Å². The van der Waals surface area contributed by atoms with Gasteiger partial charge in [0.2, 0.25) is 0 Å².